The van der Waals surface area contributed by atoms with Crippen molar-refractivity contribution in [1.82, 2.24) is 9.47 Å². The van der Waals surface area contributed by atoms with E-state index in [0.717, 1.165) is 11.3 Å². The van der Waals surface area contributed by atoms with Gasteiger partial charge in [0.15, 0.2) is 0 Å². The van der Waals surface area contributed by atoms with Crippen LogP contribution in [-0.4, -0.2) is 58.7 Å². The molecule has 196 valence electrons. The third-order valence-electron chi connectivity index (χ3n) is 7.04. The highest BCUT2D eigenvalue weighted by atomic mass is 35.5. The van der Waals surface area contributed by atoms with Crippen LogP contribution in [0.4, 0.5) is 5.69 Å². The van der Waals surface area contributed by atoms with Crippen molar-refractivity contribution in [2.45, 2.75) is 22.7 Å². The second-order valence-electron chi connectivity index (χ2n) is 9.15. The number of morpholine rings is 1. The molecular weight excluding hydrogens is 569 g/mol. The molecule has 3 aliphatic rings. The molecule has 0 radical (unpaired) electrons. The fourth-order valence-corrected chi connectivity index (χ4v) is 8.42. The molecule has 2 aromatic carbocycles. The van der Waals surface area contributed by atoms with Gasteiger partial charge in [-0.25, -0.2) is 4.90 Å². The van der Waals surface area contributed by atoms with E-state index in [4.69, 9.17) is 27.9 Å². The topological polar surface area (TPSA) is 88.9 Å². The predicted octanol–water partition coefficient (Wildman–Crippen LogP) is 3.87. The lowest BCUT2D eigenvalue weighted by Gasteiger charge is -2.31. The van der Waals surface area contributed by atoms with Gasteiger partial charge >= 0.3 is 4.87 Å². The van der Waals surface area contributed by atoms with Crippen molar-refractivity contribution in [3.8, 4) is 0 Å². The van der Waals surface area contributed by atoms with E-state index in [0.29, 0.717) is 52.5 Å². The maximum Gasteiger partial charge on any atom is 0.308 e. The molecule has 0 N–H and O–H groups in total. The number of thioether (sulfide) groups is 1. The maximum atomic E-state index is 13.9. The number of hydrogen-bond donors (Lipinski definition) is 0. The monoisotopic (exact) mass is 589 g/mol. The number of carbonyl (C=O) groups excluding carboxylic acids is 3. The van der Waals surface area contributed by atoms with Crippen LogP contribution in [0.15, 0.2) is 58.4 Å². The number of para-hydroxylation sites is 1. The molecule has 3 unspecified atom stereocenters. The molecule has 6 rings (SSSR count). The lowest BCUT2D eigenvalue weighted by molar-refractivity contribution is -0.136. The van der Waals surface area contributed by atoms with Crippen molar-refractivity contribution in [2.75, 3.05) is 31.2 Å². The molecule has 1 aromatic heterocycles. The Bertz CT molecular complexity index is 1500. The second-order valence-corrected chi connectivity index (χ2v) is 12.1. The summed E-state index contributed by atoms with van der Waals surface area (Å²) < 4.78 is 6.76. The number of nitrogens with zero attached hydrogens (tertiary/aromatic N) is 3. The molecule has 3 atom stereocenters. The van der Waals surface area contributed by atoms with Crippen LogP contribution in [0, 0.1) is 5.92 Å². The molecule has 0 saturated carbocycles. The molecule has 3 aromatic rings. The lowest BCUT2D eigenvalue weighted by Crippen LogP contribution is -2.43. The van der Waals surface area contributed by atoms with Crippen molar-refractivity contribution >= 4 is 69.7 Å². The van der Waals surface area contributed by atoms with E-state index in [1.54, 1.807) is 47.4 Å². The Labute approximate surface area is 236 Å². The molecule has 3 amide bonds. The van der Waals surface area contributed by atoms with Crippen LogP contribution in [0.1, 0.15) is 16.4 Å². The summed E-state index contributed by atoms with van der Waals surface area (Å²) in [6.07, 6.45) is 0. The number of amides is 3. The normalized spacial score (nSPS) is 22.9. The van der Waals surface area contributed by atoms with Gasteiger partial charge < -0.3 is 9.64 Å². The summed E-state index contributed by atoms with van der Waals surface area (Å²) >= 11 is 15.2. The van der Waals surface area contributed by atoms with Gasteiger partial charge in [-0.3, -0.25) is 23.7 Å². The summed E-state index contributed by atoms with van der Waals surface area (Å²) in [7, 11) is 0. The number of imide groups is 1. The minimum absolute atomic E-state index is 0.157. The van der Waals surface area contributed by atoms with Crippen LogP contribution in [-0.2, 0) is 25.7 Å². The SMILES string of the molecule is O=C(Cn1c2c(sc1=O)C(c1cccc(Cl)c1Cl)C1C(=O)N(c3ccccc3)C(=O)C1S2)N1CCOCC1. The number of halogens is 2. The molecule has 2 saturated heterocycles. The number of anilines is 1. The quantitative estimate of drug-likeness (QED) is 0.429. The zero-order valence-corrected chi connectivity index (χ0v) is 23.0. The van der Waals surface area contributed by atoms with Gasteiger partial charge in [0, 0.05) is 23.9 Å². The van der Waals surface area contributed by atoms with Crippen LogP contribution in [0.5, 0.6) is 0 Å². The largest absolute Gasteiger partial charge is 0.378 e. The van der Waals surface area contributed by atoms with Gasteiger partial charge in [0.2, 0.25) is 17.7 Å². The molecule has 3 aliphatic heterocycles. The Hall–Kier alpha value is -2.63. The first-order chi connectivity index (χ1) is 18.4. The number of thiazole rings is 1. The highest BCUT2D eigenvalue weighted by Crippen LogP contribution is 2.55. The zero-order chi connectivity index (χ0) is 26.6. The summed E-state index contributed by atoms with van der Waals surface area (Å²) in [6, 6.07) is 13.9. The predicted molar refractivity (Wildman–Crippen MR) is 146 cm³/mol. The molecule has 12 heteroatoms. The van der Waals surface area contributed by atoms with E-state index in [9.17, 15) is 19.2 Å². The maximum absolute atomic E-state index is 13.9. The number of fused-ring (bicyclic) bond motifs is 2. The van der Waals surface area contributed by atoms with Gasteiger partial charge in [0.1, 0.15) is 11.8 Å². The first-order valence-corrected chi connectivity index (χ1v) is 14.4. The molecular formula is C26H21Cl2N3O5S2. The van der Waals surface area contributed by atoms with Crippen molar-refractivity contribution in [3.63, 3.8) is 0 Å². The van der Waals surface area contributed by atoms with Gasteiger partial charge in [-0.15, -0.1) is 0 Å². The summed E-state index contributed by atoms with van der Waals surface area (Å²) in [5.41, 5.74) is 1.05. The minimum Gasteiger partial charge on any atom is -0.378 e. The molecule has 0 aliphatic carbocycles. The first-order valence-electron chi connectivity index (χ1n) is 12.0. The fraction of sp³-hybridized carbons (Fsp3) is 0.308. The van der Waals surface area contributed by atoms with E-state index in [1.165, 1.54) is 21.2 Å². The third kappa shape index (κ3) is 4.19. The fourth-order valence-electron chi connectivity index (χ4n) is 5.23. The lowest BCUT2D eigenvalue weighted by atomic mass is 9.83. The summed E-state index contributed by atoms with van der Waals surface area (Å²) in [6.45, 7) is 1.65. The number of carbonyl (C=O) groups is 3. The first kappa shape index (κ1) is 25.6. The van der Waals surface area contributed by atoms with Crippen molar-refractivity contribution in [2.24, 2.45) is 5.92 Å². The second kappa shape index (κ2) is 10.2. The number of rotatable bonds is 4. The van der Waals surface area contributed by atoms with E-state index >= 15 is 0 Å². The summed E-state index contributed by atoms with van der Waals surface area (Å²) in [5, 5.41) is 0.298. The molecule has 0 spiro atoms. The Morgan fingerprint density at radius 1 is 0.974 bits per heavy atom. The number of hydrogen-bond acceptors (Lipinski definition) is 7. The Balaban J connectivity index is 1.47. The van der Waals surface area contributed by atoms with E-state index < -0.39 is 17.1 Å². The zero-order valence-electron chi connectivity index (χ0n) is 19.8. The van der Waals surface area contributed by atoms with Gasteiger partial charge in [0.25, 0.3) is 0 Å². The molecule has 4 heterocycles. The molecule has 0 bridgehead atoms. The average molecular weight is 591 g/mol. The van der Waals surface area contributed by atoms with Crippen LogP contribution < -0.4 is 9.77 Å². The van der Waals surface area contributed by atoms with Crippen molar-refractivity contribution in [1.29, 1.82) is 0 Å². The molecule has 38 heavy (non-hydrogen) atoms. The number of aromatic nitrogens is 1. The van der Waals surface area contributed by atoms with Gasteiger partial charge in [-0.05, 0) is 23.8 Å². The number of benzene rings is 2. The smallest absolute Gasteiger partial charge is 0.308 e. The standard InChI is InChI=1S/C26H21Cl2N3O5S2/c27-16-8-4-7-15(20(16)28)18-19-21(24(34)31(23(19)33)14-5-2-1-3-6-14)37-25-22(18)38-26(35)30(25)13-17(32)29-9-11-36-12-10-29/h1-8,18-19,21H,9-13H2. The van der Waals surface area contributed by atoms with Crippen LogP contribution >= 0.6 is 46.3 Å². The van der Waals surface area contributed by atoms with Gasteiger partial charge in [-0.1, -0.05) is 76.6 Å². The summed E-state index contributed by atoms with van der Waals surface area (Å²) in [4.78, 5) is 57.1. The third-order valence-corrected chi connectivity index (χ3v) is 10.5. The van der Waals surface area contributed by atoms with E-state index in [2.05, 4.69) is 0 Å². The highest BCUT2D eigenvalue weighted by molar-refractivity contribution is 8.00. The van der Waals surface area contributed by atoms with E-state index in [1.807, 2.05) is 6.07 Å². The highest BCUT2D eigenvalue weighted by Gasteiger charge is 2.57. The van der Waals surface area contributed by atoms with Gasteiger partial charge in [0.05, 0.1) is 39.9 Å². The molecule has 8 nitrogen and oxygen atoms in total. The Kier molecular flexibility index (Phi) is 6.86. The molecule has 2 fully saturated rings. The van der Waals surface area contributed by atoms with Crippen molar-refractivity contribution < 1.29 is 19.1 Å². The van der Waals surface area contributed by atoms with Crippen molar-refractivity contribution in [3.05, 3.63) is 78.7 Å². The van der Waals surface area contributed by atoms with Crippen LogP contribution in [0.3, 0.4) is 0 Å². The van der Waals surface area contributed by atoms with Gasteiger partial charge in [-0.2, -0.15) is 0 Å². The minimum atomic E-state index is -0.797. The number of ether oxygens (including phenoxy) is 1. The Morgan fingerprint density at radius 2 is 1.71 bits per heavy atom. The van der Waals surface area contributed by atoms with E-state index in [-0.39, 0.29) is 34.2 Å². The average Bonchev–Trinajstić information content (AvgIpc) is 3.37. The summed E-state index contributed by atoms with van der Waals surface area (Å²) in [5.74, 6) is -2.39. The van der Waals surface area contributed by atoms with Crippen LogP contribution in [0.25, 0.3) is 0 Å². The Morgan fingerprint density at radius 3 is 2.45 bits per heavy atom. The van der Waals surface area contributed by atoms with Crippen LogP contribution in [0.2, 0.25) is 10.0 Å².